The van der Waals surface area contributed by atoms with Crippen LogP contribution in [0.1, 0.15) is 37.7 Å². The number of nitrogens with two attached hydrogens (primary N) is 1. The molecule has 0 spiro atoms. The molecule has 1 fully saturated rings. The Morgan fingerprint density at radius 2 is 1.69 bits per heavy atom. The molecule has 16 heavy (non-hydrogen) atoms. The van der Waals surface area contributed by atoms with Crippen LogP contribution in [0.3, 0.4) is 0 Å². The largest absolute Gasteiger partial charge is 0.330 e. The fraction of sp³-hybridized carbons (Fsp3) is 0.571. The summed E-state index contributed by atoms with van der Waals surface area (Å²) in [5.41, 5.74) is 7.81. The van der Waals surface area contributed by atoms with Crippen LogP contribution in [0.4, 0.5) is 0 Å². The number of rotatable bonds is 3. The zero-order valence-corrected chi connectivity index (χ0v) is 11.3. The molecule has 0 saturated heterocycles. The van der Waals surface area contributed by atoms with Gasteiger partial charge in [0.15, 0.2) is 0 Å². The van der Waals surface area contributed by atoms with Crippen molar-refractivity contribution >= 4 is 15.9 Å². The molecule has 1 nitrogen and oxygen atoms in total. The van der Waals surface area contributed by atoms with Gasteiger partial charge in [-0.2, -0.15) is 0 Å². The number of benzene rings is 1. The van der Waals surface area contributed by atoms with Gasteiger partial charge in [0, 0.05) is 4.47 Å². The number of hydrogen-bond acceptors (Lipinski definition) is 1. The summed E-state index contributed by atoms with van der Waals surface area (Å²) in [5, 5.41) is 0. The summed E-state index contributed by atoms with van der Waals surface area (Å²) in [5.74, 6) is 0. The maximum Gasteiger partial charge on any atom is 0.0175 e. The maximum atomic E-state index is 6.01. The molecule has 2 heteroatoms. The quantitative estimate of drug-likeness (QED) is 0.894. The fourth-order valence-electron chi connectivity index (χ4n) is 2.79. The van der Waals surface area contributed by atoms with E-state index in [-0.39, 0.29) is 0 Å². The van der Waals surface area contributed by atoms with Crippen LogP contribution >= 0.6 is 15.9 Å². The third-order valence-corrected chi connectivity index (χ3v) is 4.37. The van der Waals surface area contributed by atoms with Gasteiger partial charge in [-0.1, -0.05) is 47.3 Å². The first-order valence-electron chi connectivity index (χ1n) is 6.19. The van der Waals surface area contributed by atoms with Gasteiger partial charge in [0.05, 0.1) is 0 Å². The molecule has 0 heterocycles. The van der Waals surface area contributed by atoms with Crippen molar-refractivity contribution in [3.63, 3.8) is 0 Å². The summed E-state index contributed by atoms with van der Waals surface area (Å²) in [6.45, 7) is 0.836. The Balaban J connectivity index is 2.08. The highest BCUT2D eigenvalue weighted by molar-refractivity contribution is 9.10. The van der Waals surface area contributed by atoms with Crippen molar-refractivity contribution in [1.82, 2.24) is 0 Å². The molecule has 0 amide bonds. The van der Waals surface area contributed by atoms with Crippen molar-refractivity contribution in [3.8, 4) is 0 Å². The molecule has 1 aliphatic rings. The van der Waals surface area contributed by atoms with Gasteiger partial charge in [0.2, 0.25) is 0 Å². The second kappa shape index (κ2) is 5.33. The van der Waals surface area contributed by atoms with Crippen LogP contribution in [-0.4, -0.2) is 6.54 Å². The Bertz CT molecular complexity index is 325. The van der Waals surface area contributed by atoms with E-state index in [2.05, 4.69) is 40.2 Å². The van der Waals surface area contributed by atoms with Crippen LogP contribution in [0.2, 0.25) is 0 Å². The Morgan fingerprint density at radius 3 is 2.25 bits per heavy atom. The lowest BCUT2D eigenvalue weighted by Crippen LogP contribution is -2.34. The molecule has 1 aromatic carbocycles. The van der Waals surface area contributed by atoms with Gasteiger partial charge in [-0.25, -0.2) is 0 Å². The first-order chi connectivity index (χ1) is 7.74. The predicted molar refractivity (Wildman–Crippen MR) is 72.4 cm³/mol. The van der Waals surface area contributed by atoms with E-state index in [1.807, 2.05) is 0 Å². The molecule has 1 saturated carbocycles. The van der Waals surface area contributed by atoms with E-state index < -0.39 is 0 Å². The van der Waals surface area contributed by atoms with Crippen molar-refractivity contribution < 1.29 is 0 Å². The monoisotopic (exact) mass is 281 g/mol. The highest BCUT2D eigenvalue weighted by Gasteiger charge is 2.30. The second-order valence-electron chi connectivity index (χ2n) is 5.07. The van der Waals surface area contributed by atoms with E-state index in [4.69, 9.17) is 5.73 Å². The van der Waals surface area contributed by atoms with Gasteiger partial charge >= 0.3 is 0 Å². The van der Waals surface area contributed by atoms with Gasteiger partial charge < -0.3 is 5.73 Å². The molecular formula is C14H20BrN. The predicted octanol–water partition coefficient (Wildman–Crippen LogP) is 3.90. The van der Waals surface area contributed by atoms with E-state index in [0.29, 0.717) is 5.41 Å². The Kier molecular flexibility index (Phi) is 4.04. The highest BCUT2D eigenvalue weighted by Crippen LogP contribution is 2.38. The second-order valence-corrected chi connectivity index (χ2v) is 5.98. The van der Waals surface area contributed by atoms with Gasteiger partial charge in [-0.05, 0) is 48.9 Å². The molecule has 0 unspecified atom stereocenters. The van der Waals surface area contributed by atoms with E-state index in [1.165, 1.54) is 37.7 Å². The molecular weight excluding hydrogens is 262 g/mol. The van der Waals surface area contributed by atoms with Crippen molar-refractivity contribution in [3.05, 3.63) is 34.3 Å². The van der Waals surface area contributed by atoms with E-state index >= 15 is 0 Å². The standard InChI is InChI=1S/C14H20BrN/c15-13-6-4-12(5-7-13)10-14(11-16)8-2-1-3-9-14/h4-7H,1-3,8-11,16H2. The van der Waals surface area contributed by atoms with Crippen molar-refractivity contribution in [2.24, 2.45) is 11.1 Å². The van der Waals surface area contributed by atoms with Gasteiger partial charge in [0.25, 0.3) is 0 Å². The summed E-state index contributed by atoms with van der Waals surface area (Å²) < 4.78 is 1.15. The molecule has 0 atom stereocenters. The molecule has 0 aromatic heterocycles. The maximum absolute atomic E-state index is 6.01. The molecule has 2 rings (SSSR count). The third kappa shape index (κ3) is 2.86. The van der Waals surface area contributed by atoms with Gasteiger partial charge in [-0.15, -0.1) is 0 Å². The molecule has 0 aliphatic heterocycles. The smallest absolute Gasteiger partial charge is 0.0175 e. The lowest BCUT2D eigenvalue weighted by atomic mass is 9.70. The highest BCUT2D eigenvalue weighted by atomic mass is 79.9. The van der Waals surface area contributed by atoms with Crippen molar-refractivity contribution in [2.75, 3.05) is 6.54 Å². The topological polar surface area (TPSA) is 26.0 Å². The average Bonchev–Trinajstić information content (AvgIpc) is 2.33. The van der Waals surface area contributed by atoms with Gasteiger partial charge in [0.1, 0.15) is 0 Å². The first-order valence-corrected chi connectivity index (χ1v) is 6.98. The summed E-state index contributed by atoms with van der Waals surface area (Å²) in [6, 6.07) is 8.69. The lowest BCUT2D eigenvalue weighted by molar-refractivity contribution is 0.197. The Hall–Kier alpha value is -0.340. The van der Waals surface area contributed by atoms with Crippen LogP contribution < -0.4 is 5.73 Å². The van der Waals surface area contributed by atoms with Crippen LogP contribution in [0.15, 0.2) is 28.7 Å². The molecule has 2 N–H and O–H groups in total. The van der Waals surface area contributed by atoms with E-state index in [0.717, 1.165) is 17.4 Å². The van der Waals surface area contributed by atoms with Crippen LogP contribution in [0, 0.1) is 5.41 Å². The van der Waals surface area contributed by atoms with Gasteiger partial charge in [-0.3, -0.25) is 0 Å². The van der Waals surface area contributed by atoms with E-state index in [1.54, 1.807) is 0 Å². The number of hydrogen-bond donors (Lipinski definition) is 1. The third-order valence-electron chi connectivity index (χ3n) is 3.84. The normalized spacial score (nSPS) is 19.6. The zero-order valence-electron chi connectivity index (χ0n) is 9.71. The Labute approximate surface area is 107 Å². The summed E-state index contributed by atoms with van der Waals surface area (Å²) in [4.78, 5) is 0. The summed E-state index contributed by atoms with van der Waals surface area (Å²) in [6.07, 6.45) is 7.86. The summed E-state index contributed by atoms with van der Waals surface area (Å²) in [7, 11) is 0. The zero-order chi connectivity index (χ0) is 11.4. The Morgan fingerprint density at radius 1 is 1.06 bits per heavy atom. The SMILES string of the molecule is NCC1(Cc2ccc(Br)cc2)CCCCC1. The summed E-state index contributed by atoms with van der Waals surface area (Å²) >= 11 is 3.48. The molecule has 0 radical (unpaired) electrons. The van der Waals surface area contributed by atoms with Crippen molar-refractivity contribution in [1.29, 1.82) is 0 Å². The molecule has 88 valence electrons. The average molecular weight is 282 g/mol. The van der Waals surface area contributed by atoms with Crippen LogP contribution in [-0.2, 0) is 6.42 Å². The molecule has 1 aliphatic carbocycles. The first kappa shape index (κ1) is 12.1. The van der Waals surface area contributed by atoms with E-state index in [9.17, 15) is 0 Å². The lowest BCUT2D eigenvalue weighted by Gasteiger charge is -2.36. The van der Waals surface area contributed by atoms with Crippen LogP contribution in [0.5, 0.6) is 0 Å². The minimum atomic E-state index is 0.381. The minimum absolute atomic E-state index is 0.381. The fourth-order valence-corrected chi connectivity index (χ4v) is 3.05. The minimum Gasteiger partial charge on any atom is -0.330 e. The van der Waals surface area contributed by atoms with Crippen LogP contribution in [0.25, 0.3) is 0 Å². The number of halogens is 1. The molecule has 1 aromatic rings. The van der Waals surface area contributed by atoms with Crippen molar-refractivity contribution in [2.45, 2.75) is 38.5 Å². The molecule has 0 bridgehead atoms.